The van der Waals surface area contributed by atoms with Gasteiger partial charge in [0.1, 0.15) is 0 Å². The second-order valence-electron chi connectivity index (χ2n) is 6.14. The largest absolute Gasteiger partial charge is 0.419 e. The summed E-state index contributed by atoms with van der Waals surface area (Å²) in [7, 11) is 0. The van der Waals surface area contributed by atoms with Crippen LogP contribution in [0.15, 0.2) is 28.7 Å². The first-order valence-electron chi connectivity index (χ1n) is 7.91. The summed E-state index contributed by atoms with van der Waals surface area (Å²) in [6.45, 7) is 7.73. The molecule has 0 amide bonds. The normalized spacial score (nSPS) is 23.1. The Morgan fingerprint density at radius 2 is 1.83 bits per heavy atom. The van der Waals surface area contributed by atoms with Crippen molar-refractivity contribution in [1.82, 2.24) is 15.1 Å². The molecule has 0 bridgehead atoms. The van der Waals surface area contributed by atoms with Crippen LogP contribution < -0.4 is 0 Å². The monoisotopic (exact) mass is 332 g/mol. The highest BCUT2D eigenvalue weighted by Gasteiger charge is 2.29. The van der Waals surface area contributed by atoms with Gasteiger partial charge in [-0.05, 0) is 32.9 Å². The molecule has 2 heterocycles. The molecule has 3 rings (SSSR count). The summed E-state index contributed by atoms with van der Waals surface area (Å²) in [5, 5.41) is 18.9. The fraction of sp³-hybridized carbons (Fsp3) is 0.500. The maximum atomic E-state index is 10.7. The molecule has 1 saturated heterocycles. The quantitative estimate of drug-likeness (QED) is 0.627. The van der Waals surface area contributed by atoms with E-state index in [2.05, 4.69) is 15.1 Å². The van der Waals surface area contributed by atoms with Crippen LogP contribution in [-0.2, 0) is 4.74 Å². The van der Waals surface area contributed by atoms with Crippen molar-refractivity contribution in [1.29, 1.82) is 0 Å². The number of rotatable bonds is 4. The number of nitrogens with zero attached hydrogens (tertiary/aromatic N) is 4. The minimum Gasteiger partial charge on any atom is -0.419 e. The Kier molecular flexibility index (Phi) is 4.59. The predicted octanol–water partition coefficient (Wildman–Crippen LogP) is 2.82. The number of aromatic nitrogens is 2. The number of non-ortho nitro benzene ring substituents is 1. The highest BCUT2D eigenvalue weighted by atomic mass is 16.6. The van der Waals surface area contributed by atoms with Crippen molar-refractivity contribution in [2.45, 2.75) is 39.0 Å². The Morgan fingerprint density at radius 3 is 2.42 bits per heavy atom. The summed E-state index contributed by atoms with van der Waals surface area (Å²) >= 11 is 0. The third-order valence-corrected chi connectivity index (χ3v) is 4.12. The molecule has 128 valence electrons. The zero-order valence-electron chi connectivity index (χ0n) is 13.9. The number of benzene rings is 1. The molecule has 1 aromatic carbocycles. The van der Waals surface area contributed by atoms with Crippen LogP contribution in [0.2, 0.25) is 0 Å². The second kappa shape index (κ2) is 6.66. The summed E-state index contributed by atoms with van der Waals surface area (Å²) in [6.07, 6.45) is 0.321. The van der Waals surface area contributed by atoms with E-state index in [0.717, 1.165) is 13.1 Å². The van der Waals surface area contributed by atoms with E-state index >= 15 is 0 Å². The van der Waals surface area contributed by atoms with E-state index in [1.54, 1.807) is 12.1 Å². The van der Waals surface area contributed by atoms with Gasteiger partial charge in [0, 0.05) is 30.8 Å². The summed E-state index contributed by atoms with van der Waals surface area (Å²) < 4.78 is 11.5. The van der Waals surface area contributed by atoms with Crippen molar-refractivity contribution >= 4 is 5.69 Å². The smallest absolute Gasteiger partial charge is 0.269 e. The van der Waals surface area contributed by atoms with Crippen molar-refractivity contribution in [3.8, 4) is 11.5 Å². The van der Waals surface area contributed by atoms with E-state index in [0.29, 0.717) is 17.3 Å². The summed E-state index contributed by atoms with van der Waals surface area (Å²) in [5.74, 6) is 0.894. The fourth-order valence-corrected chi connectivity index (χ4v) is 2.94. The van der Waals surface area contributed by atoms with Gasteiger partial charge in [-0.25, -0.2) is 0 Å². The van der Waals surface area contributed by atoms with Crippen molar-refractivity contribution in [3.63, 3.8) is 0 Å². The molecule has 1 aliphatic heterocycles. The van der Waals surface area contributed by atoms with Crippen LogP contribution in [0.5, 0.6) is 0 Å². The molecule has 3 atom stereocenters. The summed E-state index contributed by atoms with van der Waals surface area (Å²) in [6, 6.07) is 6.05. The van der Waals surface area contributed by atoms with E-state index in [-0.39, 0.29) is 23.9 Å². The van der Waals surface area contributed by atoms with Crippen LogP contribution >= 0.6 is 0 Å². The van der Waals surface area contributed by atoms with Gasteiger partial charge in [0.25, 0.3) is 5.69 Å². The number of morpholine rings is 1. The third kappa shape index (κ3) is 3.44. The van der Waals surface area contributed by atoms with Crippen LogP contribution in [-0.4, -0.2) is 45.3 Å². The maximum absolute atomic E-state index is 10.7. The molecule has 2 aromatic rings. The first-order valence-corrected chi connectivity index (χ1v) is 7.91. The summed E-state index contributed by atoms with van der Waals surface area (Å²) in [5.41, 5.74) is 0.693. The summed E-state index contributed by atoms with van der Waals surface area (Å²) in [4.78, 5) is 12.5. The second-order valence-corrected chi connectivity index (χ2v) is 6.14. The molecule has 8 nitrogen and oxygen atoms in total. The standard InChI is InChI=1S/C16H20N4O4/c1-10-8-19(9-11(2)23-10)12(3)15-17-18-16(24-15)13-4-6-14(7-5-13)20(21)22/h4-7,10-12H,8-9H2,1-3H3/t10-,11-,12+/m1/s1. The number of hydrogen-bond donors (Lipinski definition) is 0. The van der Waals surface area contributed by atoms with Crippen molar-refractivity contribution in [3.05, 3.63) is 40.3 Å². The number of hydrogen-bond acceptors (Lipinski definition) is 7. The van der Waals surface area contributed by atoms with Crippen LogP contribution in [0.25, 0.3) is 11.5 Å². The highest BCUT2D eigenvalue weighted by Crippen LogP contribution is 2.27. The molecular formula is C16H20N4O4. The first-order chi connectivity index (χ1) is 11.4. The molecule has 24 heavy (non-hydrogen) atoms. The van der Waals surface area contributed by atoms with Gasteiger partial charge in [0.2, 0.25) is 11.8 Å². The average Bonchev–Trinajstić information content (AvgIpc) is 3.03. The Bertz CT molecular complexity index is 705. The van der Waals surface area contributed by atoms with E-state index in [1.165, 1.54) is 12.1 Å². The Labute approximate surface area is 139 Å². The molecule has 0 unspecified atom stereocenters. The minimum atomic E-state index is -0.439. The van der Waals surface area contributed by atoms with Gasteiger partial charge in [-0.3, -0.25) is 15.0 Å². The van der Waals surface area contributed by atoms with Crippen molar-refractivity contribution in [2.75, 3.05) is 13.1 Å². The third-order valence-electron chi connectivity index (χ3n) is 4.12. The van der Waals surface area contributed by atoms with Crippen molar-refractivity contribution in [2.24, 2.45) is 0 Å². The lowest BCUT2D eigenvalue weighted by molar-refractivity contribution is -0.384. The van der Waals surface area contributed by atoms with Crippen LogP contribution in [0.1, 0.15) is 32.7 Å². The molecule has 0 N–H and O–H groups in total. The molecule has 1 aromatic heterocycles. The van der Waals surface area contributed by atoms with E-state index < -0.39 is 4.92 Å². The van der Waals surface area contributed by atoms with Gasteiger partial charge < -0.3 is 9.15 Å². The van der Waals surface area contributed by atoms with Crippen LogP contribution in [0, 0.1) is 10.1 Å². The molecular weight excluding hydrogens is 312 g/mol. The predicted molar refractivity (Wildman–Crippen MR) is 86.4 cm³/mol. The molecule has 0 aliphatic carbocycles. The van der Waals surface area contributed by atoms with E-state index in [9.17, 15) is 10.1 Å². The van der Waals surface area contributed by atoms with Gasteiger partial charge in [-0.2, -0.15) is 0 Å². The lowest BCUT2D eigenvalue weighted by Gasteiger charge is -2.37. The topological polar surface area (TPSA) is 94.5 Å². The fourth-order valence-electron chi connectivity index (χ4n) is 2.94. The molecule has 0 saturated carbocycles. The van der Waals surface area contributed by atoms with Gasteiger partial charge >= 0.3 is 0 Å². The van der Waals surface area contributed by atoms with Gasteiger partial charge in [-0.15, -0.1) is 10.2 Å². The highest BCUT2D eigenvalue weighted by molar-refractivity contribution is 5.55. The molecule has 0 radical (unpaired) electrons. The van der Waals surface area contributed by atoms with Gasteiger partial charge in [0.05, 0.1) is 23.2 Å². The van der Waals surface area contributed by atoms with E-state index in [4.69, 9.17) is 9.15 Å². The lowest BCUT2D eigenvalue weighted by Crippen LogP contribution is -2.46. The zero-order chi connectivity index (χ0) is 17.3. The molecule has 0 spiro atoms. The first kappa shape index (κ1) is 16.5. The lowest BCUT2D eigenvalue weighted by atomic mass is 10.2. The van der Waals surface area contributed by atoms with Crippen molar-refractivity contribution < 1.29 is 14.1 Å². The average molecular weight is 332 g/mol. The van der Waals surface area contributed by atoms with E-state index in [1.807, 2.05) is 20.8 Å². The number of nitro benzene ring substituents is 1. The van der Waals surface area contributed by atoms with Gasteiger partial charge in [0.15, 0.2) is 0 Å². The Hall–Kier alpha value is -2.32. The van der Waals surface area contributed by atoms with Crippen LogP contribution in [0.4, 0.5) is 5.69 Å². The molecule has 1 fully saturated rings. The Morgan fingerprint density at radius 1 is 1.21 bits per heavy atom. The number of nitro groups is 1. The maximum Gasteiger partial charge on any atom is 0.269 e. The van der Waals surface area contributed by atoms with Crippen LogP contribution in [0.3, 0.4) is 0 Å². The minimum absolute atomic E-state index is 0.0156. The number of ether oxygens (including phenoxy) is 1. The zero-order valence-corrected chi connectivity index (χ0v) is 13.9. The Balaban J connectivity index is 1.76. The van der Waals surface area contributed by atoms with Gasteiger partial charge in [-0.1, -0.05) is 0 Å². The molecule has 1 aliphatic rings. The SMILES string of the molecule is C[C@@H]1CN([C@@H](C)c2nnc(-c3ccc([N+](=O)[O-])cc3)o2)C[C@@H](C)O1. The molecule has 8 heteroatoms.